The lowest BCUT2D eigenvalue weighted by atomic mass is 9.95. The number of nitrogens with one attached hydrogen (secondary N) is 1. The molecule has 0 atom stereocenters. The van der Waals surface area contributed by atoms with Crippen molar-refractivity contribution in [2.45, 2.75) is 32.2 Å². The molecule has 0 bridgehead atoms. The van der Waals surface area contributed by atoms with Crippen LogP contribution in [0.25, 0.3) is 0 Å². The zero-order chi connectivity index (χ0) is 13.8. The van der Waals surface area contributed by atoms with Crippen molar-refractivity contribution in [3.8, 4) is 0 Å². The summed E-state index contributed by atoms with van der Waals surface area (Å²) in [5.41, 5.74) is -0.233. The van der Waals surface area contributed by atoms with E-state index >= 15 is 0 Å². The smallest absolute Gasteiger partial charge is 0.251 e. The van der Waals surface area contributed by atoms with E-state index in [9.17, 15) is 13.6 Å². The van der Waals surface area contributed by atoms with Crippen LogP contribution in [0.4, 0.5) is 8.78 Å². The van der Waals surface area contributed by atoms with Gasteiger partial charge in [0, 0.05) is 16.4 Å². The molecule has 0 aliphatic carbocycles. The maximum Gasteiger partial charge on any atom is 0.251 e. The molecule has 0 fully saturated rings. The fraction of sp³-hybridized carbons (Fsp3) is 0.462. The van der Waals surface area contributed by atoms with Gasteiger partial charge >= 0.3 is 0 Å². The first-order chi connectivity index (χ1) is 8.48. The molecule has 5 heteroatoms. The molecule has 100 valence electrons. The number of rotatable bonds is 5. The Labute approximate surface area is 114 Å². The standard InChI is InChI=1S/C13H16BrF2NO/c1-3-13(4-2,8-14)17-12(18)9-5-6-10(15)11(16)7-9/h5-7H,3-4,8H2,1-2H3,(H,17,18). The van der Waals surface area contributed by atoms with Gasteiger partial charge in [0.05, 0.1) is 0 Å². The van der Waals surface area contributed by atoms with E-state index in [4.69, 9.17) is 0 Å². The lowest BCUT2D eigenvalue weighted by Gasteiger charge is -2.30. The van der Waals surface area contributed by atoms with Crippen LogP contribution >= 0.6 is 15.9 Å². The first-order valence-corrected chi connectivity index (χ1v) is 6.93. The van der Waals surface area contributed by atoms with Gasteiger partial charge in [-0.15, -0.1) is 0 Å². The predicted molar refractivity (Wildman–Crippen MR) is 70.9 cm³/mol. The summed E-state index contributed by atoms with van der Waals surface area (Å²) in [6.45, 7) is 3.94. The van der Waals surface area contributed by atoms with E-state index in [0.717, 1.165) is 25.0 Å². The van der Waals surface area contributed by atoms with Crippen LogP contribution in [0.1, 0.15) is 37.0 Å². The van der Waals surface area contributed by atoms with E-state index in [1.807, 2.05) is 13.8 Å². The molecule has 0 heterocycles. The number of benzene rings is 1. The second kappa shape index (κ2) is 6.27. The Morgan fingerprint density at radius 3 is 2.33 bits per heavy atom. The molecule has 0 saturated heterocycles. The van der Waals surface area contributed by atoms with Gasteiger partial charge in [0.25, 0.3) is 5.91 Å². The monoisotopic (exact) mass is 319 g/mol. The second-order valence-corrected chi connectivity index (χ2v) is 4.76. The highest BCUT2D eigenvalue weighted by Gasteiger charge is 2.27. The number of alkyl halides is 1. The molecule has 0 aromatic heterocycles. The van der Waals surface area contributed by atoms with Crippen molar-refractivity contribution in [2.24, 2.45) is 0 Å². The average molecular weight is 320 g/mol. The number of hydrogen-bond acceptors (Lipinski definition) is 1. The molecular weight excluding hydrogens is 304 g/mol. The lowest BCUT2D eigenvalue weighted by molar-refractivity contribution is 0.0903. The molecule has 0 aliphatic heterocycles. The minimum absolute atomic E-state index is 0.126. The van der Waals surface area contributed by atoms with E-state index in [1.54, 1.807) is 0 Å². The molecule has 0 aliphatic rings. The Kier molecular flexibility index (Phi) is 5.26. The van der Waals surface area contributed by atoms with Gasteiger partial charge in [-0.1, -0.05) is 29.8 Å². The number of carbonyl (C=O) groups is 1. The van der Waals surface area contributed by atoms with E-state index in [0.29, 0.717) is 5.33 Å². The van der Waals surface area contributed by atoms with Gasteiger partial charge in [-0.3, -0.25) is 4.79 Å². The molecule has 1 N–H and O–H groups in total. The highest BCUT2D eigenvalue weighted by Crippen LogP contribution is 2.19. The van der Waals surface area contributed by atoms with Crippen molar-refractivity contribution in [1.29, 1.82) is 0 Å². The van der Waals surface area contributed by atoms with Gasteiger partial charge in [0.2, 0.25) is 0 Å². The van der Waals surface area contributed by atoms with Crippen molar-refractivity contribution in [1.82, 2.24) is 5.32 Å². The van der Waals surface area contributed by atoms with Gasteiger partial charge in [0.15, 0.2) is 11.6 Å². The zero-order valence-corrected chi connectivity index (χ0v) is 12.0. The Hall–Kier alpha value is -0.970. The highest BCUT2D eigenvalue weighted by atomic mass is 79.9. The summed E-state index contributed by atoms with van der Waals surface area (Å²) in [7, 11) is 0. The van der Waals surface area contributed by atoms with Crippen LogP contribution < -0.4 is 5.32 Å². The number of hydrogen-bond donors (Lipinski definition) is 1. The molecule has 0 saturated carbocycles. The average Bonchev–Trinajstić information content (AvgIpc) is 2.39. The summed E-state index contributed by atoms with van der Waals surface area (Å²) in [6.07, 6.45) is 1.51. The van der Waals surface area contributed by atoms with Crippen LogP contribution in [0, 0.1) is 11.6 Å². The Morgan fingerprint density at radius 2 is 1.89 bits per heavy atom. The van der Waals surface area contributed by atoms with Gasteiger partial charge in [-0.05, 0) is 31.0 Å². The molecule has 0 unspecified atom stereocenters. The quantitative estimate of drug-likeness (QED) is 0.825. The van der Waals surface area contributed by atoms with Crippen molar-refractivity contribution in [3.05, 3.63) is 35.4 Å². The normalized spacial score (nSPS) is 11.4. The van der Waals surface area contributed by atoms with Gasteiger partial charge in [-0.2, -0.15) is 0 Å². The number of carbonyl (C=O) groups excluding carboxylic acids is 1. The minimum Gasteiger partial charge on any atom is -0.346 e. The maximum absolute atomic E-state index is 13.1. The van der Waals surface area contributed by atoms with Crippen LogP contribution in [0.2, 0.25) is 0 Å². The molecule has 0 radical (unpaired) electrons. The molecule has 1 aromatic carbocycles. The lowest BCUT2D eigenvalue weighted by Crippen LogP contribution is -2.49. The Balaban J connectivity index is 2.90. The van der Waals surface area contributed by atoms with E-state index in [1.165, 1.54) is 6.07 Å². The van der Waals surface area contributed by atoms with Crippen LogP contribution in [-0.2, 0) is 0 Å². The molecule has 0 spiro atoms. The van der Waals surface area contributed by atoms with Crippen LogP contribution in [0.5, 0.6) is 0 Å². The molecule has 18 heavy (non-hydrogen) atoms. The SMILES string of the molecule is CCC(CC)(CBr)NC(=O)c1ccc(F)c(F)c1. The number of halogens is 3. The first kappa shape index (κ1) is 15.1. The highest BCUT2D eigenvalue weighted by molar-refractivity contribution is 9.09. The largest absolute Gasteiger partial charge is 0.346 e. The third-order valence-electron chi connectivity index (χ3n) is 3.17. The molecule has 1 amide bonds. The van der Waals surface area contributed by atoms with Crippen molar-refractivity contribution < 1.29 is 13.6 Å². The van der Waals surface area contributed by atoms with Crippen molar-refractivity contribution in [2.75, 3.05) is 5.33 Å². The summed E-state index contributed by atoms with van der Waals surface area (Å²) in [4.78, 5) is 12.0. The summed E-state index contributed by atoms with van der Waals surface area (Å²) in [5.74, 6) is -2.36. The molecule has 1 aromatic rings. The van der Waals surface area contributed by atoms with Gasteiger partial charge in [-0.25, -0.2) is 8.78 Å². The van der Waals surface area contributed by atoms with E-state index < -0.39 is 17.5 Å². The zero-order valence-electron chi connectivity index (χ0n) is 10.4. The van der Waals surface area contributed by atoms with Gasteiger partial charge in [0.1, 0.15) is 0 Å². The molecular formula is C13H16BrF2NO. The van der Waals surface area contributed by atoms with Crippen LogP contribution in [0.15, 0.2) is 18.2 Å². The first-order valence-electron chi connectivity index (χ1n) is 5.81. The predicted octanol–water partition coefficient (Wildman–Crippen LogP) is 3.65. The topological polar surface area (TPSA) is 29.1 Å². The summed E-state index contributed by atoms with van der Waals surface area (Å²) < 4.78 is 25.8. The fourth-order valence-electron chi connectivity index (χ4n) is 1.60. The second-order valence-electron chi connectivity index (χ2n) is 4.20. The van der Waals surface area contributed by atoms with E-state index in [-0.39, 0.29) is 11.1 Å². The fourth-order valence-corrected chi connectivity index (χ4v) is 2.53. The minimum atomic E-state index is -1.01. The maximum atomic E-state index is 13.1. The van der Waals surface area contributed by atoms with E-state index in [2.05, 4.69) is 21.2 Å². The summed E-state index contributed by atoms with van der Waals surface area (Å²) >= 11 is 3.37. The third kappa shape index (κ3) is 3.28. The Bertz CT molecular complexity index is 425. The van der Waals surface area contributed by atoms with Crippen LogP contribution in [-0.4, -0.2) is 16.8 Å². The van der Waals surface area contributed by atoms with Crippen molar-refractivity contribution >= 4 is 21.8 Å². The van der Waals surface area contributed by atoms with Gasteiger partial charge < -0.3 is 5.32 Å². The number of amides is 1. The van der Waals surface area contributed by atoms with Crippen LogP contribution in [0.3, 0.4) is 0 Å². The van der Waals surface area contributed by atoms with Crippen molar-refractivity contribution in [3.63, 3.8) is 0 Å². The summed E-state index contributed by atoms with van der Waals surface area (Å²) in [6, 6.07) is 3.14. The Morgan fingerprint density at radius 1 is 1.28 bits per heavy atom. The molecule has 2 nitrogen and oxygen atoms in total. The summed E-state index contributed by atoms with van der Waals surface area (Å²) in [5, 5.41) is 3.48. The third-order valence-corrected chi connectivity index (χ3v) is 4.24. The molecule has 1 rings (SSSR count).